The van der Waals surface area contributed by atoms with Gasteiger partial charge in [0.1, 0.15) is 0 Å². The standard InChI is InChI=1S/C18H22N2O3S/c1-13-9-20(23-19-18(13)16-3-2-4-16)10-14-5-7-15(8-6-14)11-24-12-17(21)22/h5-9,19H,2-4,10-12H2,1H3,(H,21,22). The van der Waals surface area contributed by atoms with Crippen LogP contribution in [-0.4, -0.2) is 21.9 Å². The van der Waals surface area contributed by atoms with Crippen molar-refractivity contribution in [1.82, 2.24) is 10.5 Å². The van der Waals surface area contributed by atoms with Crippen LogP contribution in [0.4, 0.5) is 0 Å². The molecule has 0 amide bonds. The normalized spacial score (nSPS) is 17.2. The van der Waals surface area contributed by atoms with Crippen LogP contribution < -0.4 is 5.48 Å². The van der Waals surface area contributed by atoms with Crippen LogP contribution in [-0.2, 0) is 22.0 Å². The number of carboxylic acids is 1. The third kappa shape index (κ3) is 4.33. The molecule has 5 nitrogen and oxygen atoms in total. The van der Waals surface area contributed by atoms with Crippen molar-refractivity contribution in [2.75, 3.05) is 5.75 Å². The van der Waals surface area contributed by atoms with Gasteiger partial charge in [-0.05, 0) is 48.5 Å². The Morgan fingerprint density at radius 2 is 2.00 bits per heavy atom. The Labute approximate surface area is 146 Å². The van der Waals surface area contributed by atoms with E-state index >= 15 is 0 Å². The summed E-state index contributed by atoms with van der Waals surface area (Å²) < 4.78 is 0. The summed E-state index contributed by atoms with van der Waals surface area (Å²) in [5.41, 5.74) is 9.14. The zero-order valence-corrected chi connectivity index (χ0v) is 14.6. The van der Waals surface area contributed by atoms with Gasteiger partial charge in [0.15, 0.2) is 0 Å². The number of nitrogens with one attached hydrogen (secondary N) is 1. The number of nitrogens with zero attached hydrogens (tertiary/aromatic N) is 1. The molecule has 0 spiro atoms. The summed E-state index contributed by atoms with van der Waals surface area (Å²) in [6, 6.07) is 8.20. The van der Waals surface area contributed by atoms with Crippen molar-refractivity contribution in [3.63, 3.8) is 0 Å². The van der Waals surface area contributed by atoms with Gasteiger partial charge >= 0.3 is 5.97 Å². The fourth-order valence-electron chi connectivity index (χ4n) is 2.70. The summed E-state index contributed by atoms with van der Waals surface area (Å²) in [7, 11) is 0. The topological polar surface area (TPSA) is 61.8 Å². The first kappa shape index (κ1) is 16.9. The third-order valence-corrected chi connectivity index (χ3v) is 5.15. The molecule has 0 unspecified atom stereocenters. The van der Waals surface area contributed by atoms with Gasteiger partial charge in [-0.3, -0.25) is 4.79 Å². The summed E-state index contributed by atoms with van der Waals surface area (Å²) in [4.78, 5) is 16.1. The van der Waals surface area contributed by atoms with Crippen LogP contribution in [0.2, 0.25) is 0 Å². The molecule has 1 saturated carbocycles. The SMILES string of the molecule is CC1=CN(Cc2ccc(CSCC(=O)O)cc2)ONC1=C1CCC1. The second-order valence-electron chi connectivity index (χ2n) is 6.12. The lowest BCUT2D eigenvalue weighted by Crippen LogP contribution is -2.33. The highest BCUT2D eigenvalue weighted by atomic mass is 32.2. The van der Waals surface area contributed by atoms with E-state index in [0.717, 1.165) is 29.7 Å². The zero-order valence-electron chi connectivity index (χ0n) is 13.7. The van der Waals surface area contributed by atoms with Crippen molar-refractivity contribution in [1.29, 1.82) is 0 Å². The molecule has 1 aliphatic heterocycles. The summed E-state index contributed by atoms with van der Waals surface area (Å²) in [5, 5.41) is 10.5. The first-order valence-electron chi connectivity index (χ1n) is 8.09. The molecule has 0 atom stereocenters. The Morgan fingerprint density at radius 1 is 1.29 bits per heavy atom. The van der Waals surface area contributed by atoms with Crippen LogP contribution in [0.15, 0.2) is 47.3 Å². The molecule has 128 valence electrons. The lowest BCUT2D eigenvalue weighted by molar-refractivity contribution is -0.180. The summed E-state index contributed by atoms with van der Waals surface area (Å²) in [6.07, 6.45) is 5.64. The van der Waals surface area contributed by atoms with Crippen LogP contribution >= 0.6 is 11.8 Å². The van der Waals surface area contributed by atoms with Crippen LogP contribution in [0, 0.1) is 0 Å². The largest absolute Gasteiger partial charge is 0.481 e. The molecule has 0 bridgehead atoms. The predicted octanol–water partition coefficient (Wildman–Crippen LogP) is 3.60. The Hall–Kier alpha value is -1.92. The van der Waals surface area contributed by atoms with Gasteiger partial charge in [0.2, 0.25) is 0 Å². The number of hydrogen-bond donors (Lipinski definition) is 2. The van der Waals surface area contributed by atoms with E-state index in [1.54, 1.807) is 5.06 Å². The van der Waals surface area contributed by atoms with E-state index in [2.05, 4.69) is 24.5 Å². The van der Waals surface area contributed by atoms with Crippen molar-refractivity contribution >= 4 is 17.7 Å². The Kier molecular flexibility index (Phi) is 5.48. The molecule has 1 aliphatic carbocycles. The Morgan fingerprint density at radius 3 is 2.58 bits per heavy atom. The number of hydrogen-bond acceptors (Lipinski definition) is 5. The minimum absolute atomic E-state index is 0.136. The van der Waals surface area contributed by atoms with E-state index in [1.807, 2.05) is 18.3 Å². The molecule has 0 saturated heterocycles. The minimum Gasteiger partial charge on any atom is -0.481 e. The number of benzene rings is 1. The second-order valence-corrected chi connectivity index (χ2v) is 7.10. The minimum atomic E-state index is -0.773. The van der Waals surface area contributed by atoms with Crippen molar-refractivity contribution in [2.45, 2.75) is 38.5 Å². The van der Waals surface area contributed by atoms with Gasteiger partial charge in [-0.1, -0.05) is 24.3 Å². The highest BCUT2D eigenvalue weighted by molar-refractivity contribution is 7.99. The number of carboxylic acid groups (broad SMARTS) is 1. The van der Waals surface area contributed by atoms with Crippen molar-refractivity contribution in [2.24, 2.45) is 0 Å². The van der Waals surface area contributed by atoms with Crippen LogP contribution in [0.5, 0.6) is 0 Å². The van der Waals surface area contributed by atoms with E-state index < -0.39 is 5.97 Å². The maximum Gasteiger partial charge on any atom is 0.313 e. The van der Waals surface area contributed by atoms with Gasteiger partial charge in [-0.2, -0.15) is 4.94 Å². The van der Waals surface area contributed by atoms with Crippen molar-refractivity contribution < 1.29 is 14.8 Å². The highest BCUT2D eigenvalue weighted by Gasteiger charge is 2.20. The molecule has 0 radical (unpaired) electrons. The number of allylic oxidation sites excluding steroid dienone is 2. The number of rotatable bonds is 6. The Balaban J connectivity index is 1.55. The number of carbonyl (C=O) groups is 1. The lowest BCUT2D eigenvalue weighted by atomic mass is 9.89. The van der Waals surface area contributed by atoms with Gasteiger partial charge in [-0.25, -0.2) is 10.5 Å². The second kappa shape index (κ2) is 7.77. The van der Waals surface area contributed by atoms with Crippen LogP contribution in [0.1, 0.15) is 37.3 Å². The first-order valence-corrected chi connectivity index (χ1v) is 9.25. The Bertz CT molecular complexity index is 661. The molecule has 2 aliphatic rings. The molecule has 2 N–H and O–H groups in total. The maximum atomic E-state index is 10.5. The molecular formula is C18H22N2O3S. The molecule has 1 aromatic carbocycles. The number of aliphatic carboxylic acids is 1. The molecule has 1 heterocycles. The highest BCUT2D eigenvalue weighted by Crippen LogP contribution is 2.32. The molecule has 24 heavy (non-hydrogen) atoms. The number of hydroxylamine groups is 3. The molecule has 3 rings (SSSR count). The van der Waals surface area contributed by atoms with Gasteiger partial charge in [0.05, 0.1) is 18.0 Å². The van der Waals surface area contributed by atoms with Gasteiger partial charge < -0.3 is 5.11 Å². The lowest BCUT2D eigenvalue weighted by Gasteiger charge is -2.31. The zero-order chi connectivity index (χ0) is 16.9. The van der Waals surface area contributed by atoms with Gasteiger partial charge in [-0.15, -0.1) is 11.8 Å². The molecule has 1 aromatic rings. The predicted molar refractivity (Wildman–Crippen MR) is 94.6 cm³/mol. The summed E-state index contributed by atoms with van der Waals surface area (Å²) >= 11 is 1.41. The number of thioether (sulfide) groups is 1. The third-order valence-electron chi connectivity index (χ3n) is 4.16. The van der Waals surface area contributed by atoms with Gasteiger partial charge in [0.25, 0.3) is 0 Å². The molecular weight excluding hydrogens is 324 g/mol. The van der Waals surface area contributed by atoms with Crippen molar-refractivity contribution in [3.05, 3.63) is 58.4 Å². The van der Waals surface area contributed by atoms with E-state index in [-0.39, 0.29) is 5.75 Å². The molecule has 1 fully saturated rings. The molecule has 0 aromatic heterocycles. The average Bonchev–Trinajstić information content (AvgIpc) is 2.49. The van der Waals surface area contributed by atoms with E-state index in [9.17, 15) is 4.79 Å². The fourth-order valence-corrected chi connectivity index (χ4v) is 3.41. The maximum absolute atomic E-state index is 10.5. The summed E-state index contributed by atoms with van der Waals surface area (Å²) in [5.74, 6) is 0.0751. The smallest absolute Gasteiger partial charge is 0.313 e. The van der Waals surface area contributed by atoms with E-state index in [1.165, 1.54) is 29.3 Å². The fraction of sp³-hybridized carbons (Fsp3) is 0.389. The van der Waals surface area contributed by atoms with Crippen LogP contribution in [0.25, 0.3) is 0 Å². The summed E-state index contributed by atoms with van der Waals surface area (Å²) in [6.45, 7) is 2.77. The van der Waals surface area contributed by atoms with E-state index in [4.69, 9.17) is 10.0 Å². The van der Waals surface area contributed by atoms with Gasteiger partial charge in [0, 0.05) is 12.0 Å². The first-order chi connectivity index (χ1) is 11.6. The van der Waals surface area contributed by atoms with Crippen LogP contribution in [0.3, 0.4) is 0 Å². The quantitative estimate of drug-likeness (QED) is 0.821. The van der Waals surface area contributed by atoms with E-state index in [0.29, 0.717) is 12.3 Å². The monoisotopic (exact) mass is 346 g/mol. The van der Waals surface area contributed by atoms with Crippen molar-refractivity contribution in [3.8, 4) is 0 Å². The average molecular weight is 346 g/mol. The molecule has 6 heteroatoms.